The third-order valence-corrected chi connectivity index (χ3v) is 5.85. The largest absolute Gasteiger partial charge is 0.252 e. The summed E-state index contributed by atoms with van der Waals surface area (Å²) >= 11 is 3.17. The van der Waals surface area contributed by atoms with Crippen LogP contribution in [-0.2, 0) is 18.7 Å². The maximum Gasteiger partial charge on any atom is 0.252 e. The summed E-state index contributed by atoms with van der Waals surface area (Å²) in [6, 6.07) is 0. The fourth-order valence-electron chi connectivity index (χ4n) is 0.757. The zero-order valence-corrected chi connectivity index (χ0v) is 9.54. The van der Waals surface area contributed by atoms with E-state index in [2.05, 4.69) is 26.1 Å². The molecular formula is C5H7BrN2O2S2. The average molecular weight is 271 g/mol. The van der Waals surface area contributed by atoms with E-state index in [-0.39, 0.29) is 0 Å². The van der Waals surface area contributed by atoms with Gasteiger partial charge in [-0.2, -0.15) is 8.42 Å². The zero-order valence-electron chi connectivity index (χ0n) is 6.32. The molecule has 7 heteroatoms. The van der Waals surface area contributed by atoms with Gasteiger partial charge in [0.2, 0.25) is 0 Å². The molecule has 1 rings (SSSR count). The Hall–Kier alpha value is -0.0100. The van der Waals surface area contributed by atoms with E-state index in [4.69, 9.17) is 0 Å². The van der Waals surface area contributed by atoms with Crippen LogP contribution in [0.25, 0.3) is 0 Å². The summed E-state index contributed by atoms with van der Waals surface area (Å²) in [6.45, 7) is 1.87. The van der Waals surface area contributed by atoms with Gasteiger partial charge in [-0.25, -0.2) is 0 Å². The highest BCUT2D eigenvalue weighted by Crippen LogP contribution is 2.09. The Morgan fingerprint density at radius 3 is 2.42 bits per heavy atom. The highest BCUT2D eigenvalue weighted by atomic mass is 79.9. The Kier molecular flexibility index (Phi) is 3.60. The summed E-state index contributed by atoms with van der Waals surface area (Å²) < 4.78 is 21.5. The van der Waals surface area contributed by atoms with Gasteiger partial charge < -0.3 is 0 Å². The van der Waals surface area contributed by atoms with Gasteiger partial charge in [-0.05, 0) is 6.42 Å². The summed E-state index contributed by atoms with van der Waals surface area (Å²) in [5, 5.41) is 9.31. The van der Waals surface area contributed by atoms with Crippen molar-refractivity contribution < 1.29 is 8.42 Å². The lowest BCUT2D eigenvalue weighted by molar-refractivity contribution is 0.628. The Morgan fingerprint density at radius 1 is 1.42 bits per heavy atom. The molecule has 0 aromatic heterocycles. The summed E-state index contributed by atoms with van der Waals surface area (Å²) in [5.74, 6) is 0. The molecule has 0 spiro atoms. The van der Waals surface area contributed by atoms with Gasteiger partial charge in [0.25, 0.3) is 9.26 Å². The first-order valence-corrected chi connectivity index (χ1v) is 7.17. The molecular weight excluding hydrogens is 264 g/mol. The monoisotopic (exact) mass is 270 g/mol. The van der Waals surface area contributed by atoms with Crippen molar-refractivity contribution in [2.45, 2.75) is 13.3 Å². The van der Waals surface area contributed by atoms with E-state index in [1.54, 1.807) is 0 Å². The van der Waals surface area contributed by atoms with Gasteiger partial charge in [0.05, 0.1) is 5.33 Å². The van der Waals surface area contributed by atoms with Gasteiger partial charge in [0.1, 0.15) is 10.1 Å². The maximum atomic E-state index is 10.8. The molecule has 0 aromatic carbocycles. The van der Waals surface area contributed by atoms with Crippen molar-refractivity contribution in [2.75, 3.05) is 5.33 Å². The van der Waals surface area contributed by atoms with E-state index < -0.39 is 18.7 Å². The minimum absolute atomic E-state index is 0.469. The SMILES string of the molecule is CCC1=NN=C(CBr)S1=S(=O)=O. The van der Waals surface area contributed by atoms with Crippen LogP contribution in [0.3, 0.4) is 0 Å². The summed E-state index contributed by atoms with van der Waals surface area (Å²) in [7, 11) is -3.00. The van der Waals surface area contributed by atoms with Crippen molar-refractivity contribution in [1.82, 2.24) is 0 Å². The summed E-state index contributed by atoms with van der Waals surface area (Å²) in [6.07, 6.45) is 0.636. The number of halogens is 1. The van der Waals surface area contributed by atoms with Crippen molar-refractivity contribution in [2.24, 2.45) is 10.2 Å². The van der Waals surface area contributed by atoms with Gasteiger partial charge in [0.15, 0.2) is 0 Å². The molecule has 4 nitrogen and oxygen atoms in total. The Bertz CT molecular complexity index is 352. The number of hydrogen-bond donors (Lipinski definition) is 0. The standard InChI is InChI=1S/C5H7BrN2O2S2/c1-2-4-7-8-5(3-6)11(4)12(9)10/h2-3H2,1H3. The van der Waals surface area contributed by atoms with Gasteiger partial charge in [-0.3, -0.25) is 0 Å². The Balaban J connectivity index is 3.18. The molecule has 1 heterocycles. The van der Waals surface area contributed by atoms with Crippen LogP contribution in [0.4, 0.5) is 0 Å². The molecule has 0 saturated carbocycles. The quantitative estimate of drug-likeness (QED) is 0.701. The maximum absolute atomic E-state index is 10.8. The minimum atomic E-state index is -2.11. The molecule has 1 aliphatic rings. The molecule has 0 aromatic rings. The number of nitrogens with zero attached hydrogens (tertiary/aromatic N) is 2. The van der Waals surface area contributed by atoms with Crippen LogP contribution in [0.1, 0.15) is 13.3 Å². The number of alkyl halides is 1. The molecule has 0 saturated heterocycles. The Morgan fingerprint density at radius 2 is 2.00 bits per heavy atom. The van der Waals surface area contributed by atoms with E-state index in [1.165, 1.54) is 0 Å². The fourth-order valence-corrected chi connectivity index (χ4v) is 4.86. The molecule has 1 aliphatic heterocycles. The van der Waals surface area contributed by atoms with E-state index in [0.29, 0.717) is 21.8 Å². The Labute approximate surface area is 82.0 Å². The van der Waals surface area contributed by atoms with Crippen LogP contribution in [0.5, 0.6) is 0 Å². The van der Waals surface area contributed by atoms with Gasteiger partial charge >= 0.3 is 0 Å². The predicted molar refractivity (Wildman–Crippen MR) is 55.2 cm³/mol. The van der Waals surface area contributed by atoms with Crippen LogP contribution in [0.15, 0.2) is 10.2 Å². The van der Waals surface area contributed by atoms with Gasteiger partial charge in [-0.1, -0.05) is 22.9 Å². The number of hydrogen-bond acceptors (Lipinski definition) is 4. The topological polar surface area (TPSA) is 58.9 Å². The normalized spacial score (nSPS) is 22.0. The lowest BCUT2D eigenvalue weighted by Crippen LogP contribution is -2.13. The van der Waals surface area contributed by atoms with Crippen molar-refractivity contribution in [3.05, 3.63) is 0 Å². The third kappa shape index (κ3) is 1.83. The minimum Gasteiger partial charge on any atom is -0.177 e. The van der Waals surface area contributed by atoms with E-state index in [9.17, 15) is 8.42 Å². The molecule has 0 amide bonds. The number of rotatable bonds is 2. The molecule has 0 radical (unpaired) electrons. The van der Waals surface area contributed by atoms with E-state index in [1.807, 2.05) is 6.92 Å². The van der Waals surface area contributed by atoms with Crippen LogP contribution in [0, 0.1) is 0 Å². The molecule has 12 heavy (non-hydrogen) atoms. The van der Waals surface area contributed by atoms with Crippen LogP contribution in [0.2, 0.25) is 0 Å². The molecule has 1 unspecified atom stereocenters. The molecule has 0 N–H and O–H groups in total. The molecule has 68 valence electrons. The first-order chi connectivity index (χ1) is 5.70. The van der Waals surface area contributed by atoms with Gasteiger partial charge in [-0.15, -0.1) is 10.2 Å². The van der Waals surface area contributed by atoms with Crippen LogP contribution in [-0.4, -0.2) is 23.8 Å². The molecule has 1 atom stereocenters. The van der Waals surface area contributed by atoms with Gasteiger partial charge in [0, 0.05) is 9.45 Å². The highest BCUT2D eigenvalue weighted by Gasteiger charge is 2.18. The van der Waals surface area contributed by atoms with Crippen LogP contribution < -0.4 is 0 Å². The first-order valence-electron chi connectivity index (χ1n) is 3.24. The van der Waals surface area contributed by atoms with Crippen molar-refractivity contribution in [3.8, 4) is 0 Å². The smallest absolute Gasteiger partial charge is 0.177 e. The zero-order chi connectivity index (χ0) is 9.14. The first kappa shape index (κ1) is 10.1. The third-order valence-electron chi connectivity index (χ3n) is 1.25. The summed E-state index contributed by atoms with van der Waals surface area (Å²) in [4.78, 5) is 0. The molecule has 0 aliphatic carbocycles. The lowest BCUT2D eigenvalue weighted by atomic mass is 10.5. The second-order valence-electron chi connectivity index (χ2n) is 1.95. The highest BCUT2D eigenvalue weighted by molar-refractivity contribution is 9.09. The fraction of sp³-hybridized carbons (Fsp3) is 0.600. The lowest BCUT2D eigenvalue weighted by Gasteiger charge is -1.95. The van der Waals surface area contributed by atoms with Crippen molar-refractivity contribution in [3.63, 3.8) is 0 Å². The second kappa shape index (κ2) is 4.29. The van der Waals surface area contributed by atoms with Crippen LogP contribution >= 0.6 is 15.9 Å². The van der Waals surface area contributed by atoms with Crippen molar-refractivity contribution >= 4 is 44.7 Å². The molecule has 0 fully saturated rings. The van der Waals surface area contributed by atoms with Crippen molar-refractivity contribution in [1.29, 1.82) is 0 Å². The van der Waals surface area contributed by atoms with E-state index >= 15 is 0 Å². The average Bonchev–Trinajstić information content (AvgIpc) is 2.46. The summed E-state index contributed by atoms with van der Waals surface area (Å²) in [5.41, 5.74) is 0. The van der Waals surface area contributed by atoms with E-state index in [0.717, 1.165) is 0 Å². The predicted octanol–water partition coefficient (Wildman–Crippen LogP) is 0.929. The molecule has 0 bridgehead atoms. The second-order valence-corrected chi connectivity index (χ2v) is 6.21.